The fourth-order valence-corrected chi connectivity index (χ4v) is 5.25. The Labute approximate surface area is 348 Å². The summed E-state index contributed by atoms with van der Waals surface area (Å²) in [6.07, 6.45) is 60.4. The predicted octanol–water partition coefficient (Wildman–Crippen LogP) is 14.2. The lowest BCUT2D eigenvalue weighted by Gasteiger charge is -2.18. The van der Waals surface area contributed by atoms with Gasteiger partial charge >= 0.3 is 17.9 Å². The Bertz CT molecular complexity index is 1270. The molecule has 0 rings (SSSR count). The van der Waals surface area contributed by atoms with Gasteiger partial charge in [-0.05, 0) is 77.0 Å². The number of carbonyl (C=O) groups excluding carboxylic acids is 3. The molecule has 0 bridgehead atoms. The van der Waals surface area contributed by atoms with Gasteiger partial charge < -0.3 is 14.2 Å². The number of rotatable bonds is 37. The Morgan fingerprint density at radius 3 is 1.05 bits per heavy atom. The van der Waals surface area contributed by atoms with Gasteiger partial charge in [0.2, 0.25) is 0 Å². The highest BCUT2D eigenvalue weighted by Gasteiger charge is 2.19. The number of unbranched alkanes of at least 4 members (excludes halogenated alkanes) is 13. The van der Waals surface area contributed by atoms with E-state index in [0.717, 1.165) is 89.9 Å². The third kappa shape index (κ3) is 42.8. The summed E-state index contributed by atoms with van der Waals surface area (Å²) in [6.45, 7) is 6.25. The normalized spacial score (nSPS) is 13.2. The van der Waals surface area contributed by atoms with E-state index in [9.17, 15) is 14.4 Å². The van der Waals surface area contributed by atoms with E-state index in [0.29, 0.717) is 19.3 Å². The highest BCUT2D eigenvalue weighted by atomic mass is 16.6. The van der Waals surface area contributed by atoms with Crippen molar-refractivity contribution in [2.24, 2.45) is 0 Å². The van der Waals surface area contributed by atoms with Crippen LogP contribution in [0.1, 0.15) is 162 Å². The van der Waals surface area contributed by atoms with Crippen LogP contribution in [0.15, 0.2) is 122 Å². The summed E-state index contributed by atoms with van der Waals surface area (Å²) in [5.74, 6) is -1.04. The molecule has 0 aromatic rings. The van der Waals surface area contributed by atoms with Crippen molar-refractivity contribution in [3.8, 4) is 0 Å². The van der Waals surface area contributed by atoms with Crippen molar-refractivity contribution >= 4 is 17.9 Å². The van der Waals surface area contributed by atoms with Crippen molar-refractivity contribution < 1.29 is 28.6 Å². The highest BCUT2D eigenvalue weighted by Crippen LogP contribution is 2.11. The second-order valence-electron chi connectivity index (χ2n) is 14.1. The molecule has 6 nitrogen and oxygen atoms in total. The maximum Gasteiger partial charge on any atom is 0.306 e. The summed E-state index contributed by atoms with van der Waals surface area (Å²) in [4.78, 5) is 37.7. The van der Waals surface area contributed by atoms with Gasteiger partial charge in [0, 0.05) is 19.3 Å². The third-order valence-corrected chi connectivity index (χ3v) is 8.64. The molecule has 0 radical (unpaired) electrons. The molecule has 0 aliphatic rings. The number of carbonyl (C=O) groups is 3. The van der Waals surface area contributed by atoms with Crippen LogP contribution in [0, 0.1) is 0 Å². The van der Waals surface area contributed by atoms with Gasteiger partial charge in [-0.25, -0.2) is 0 Å². The van der Waals surface area contributed by atoms with Gasteiger partial charge in [-0.15, -0.1) is 0 Å². The summed E-state index contributed by atoms with van der Waals surface area (Å²) in [7, 11) is 0. The fourth-order valence-electron chi connectivity index (χ4n) is 5.25. The van der Waals surface area contributed by atoms with Crippen LogP contribution < -0.4 is 0 Å². The molecule has 6 heteroatoms. The molecule has 0 aromatic carbocycles. The number of esters is 3. The smallest absolute Gasteiger partial charge is 0.306 e. The quantitative estimate of drug-likeness (QED) is 0.0270. The van der Waals surface area contributed by atoms with Gasteiger partial charge in [-0.1, -0.05) is 187 Å². The molecule has 0 saturated carbocycles. The number of allylic oxidation sites excluding steroid dienone is 20. The minimum atomic E-state index is -0.822. The van der Waals surface area contributed by atoms with E-state index >= 15 is 0 Å². The van der Waals surface area contributed by atoms with Crippen LogP contribution >= 0.6 is 0 Å². The van der Waals surface area contributed by atoms with Gasteiger partial charge in [-0.2, -0.15) is 0 Å². The molecule has 1 atom stereocenters. The molecule has 318 valence electrons. The van der Waals surface area contributed by atoms with Crippen LogP contribution in [0.3, 0.4) is 0 Å². The number of hydrogen-bond acceptors (Lipinski definition) is 6. The first kappa shape index (κ1) is 52.8. The molecular formula is C51H78O6. The first-order chi connectivity index (χ1) is 28.0. The number of hydrogen-bond donors (Lipinski definition) is 0. The van der Waals surface area contributed by atoms with E-state index in [1.54, 1.807) is 0 Å². The molecule has 57 heavy (non-hydrogen) atoms. The van der Waals surface area contributed by atoms with Gasteiger partial charge in [0.15, 0.2) is 6.10 Å². The van der Waals surface area contributed by atoms with E-state index in [2.05, 4.69) is 81.5 Å². The molecule has 1 unspecified atom stereocenters. The van der Waals surface area contributed by atoms with Crippen molar-refractivity contribution in [1.82, 2.24) is 0 Å². The summed E-state index contributed by atoms with van der Waals surface area (Å²) in [5, 5.41) is 0. The van der Waals surface area contributed by atoms with Crippen LogP contribution in [0.25, 0.3) is 0 Å². The Morgan fingerprint density at radius 2 is 0.684 bits per heavy atom. The first-order valence-electron chi connectivity index (χ1n) is 22.2. The Hall–Kier alpha value is -4.19. The summed E-state index contributed by atoms with van der Waals surface area (Å²) in [6, 6.07) is 0. The average molecular weight is 787 g/mol. The summed E-state index contributed by atoms with van der Waals surface area (Å²) < 4.78 is 16.6. The van der Waals surface area contributed by atoms with E-state index in [-0.39, 0.29) is 37.5 Å². The number of ether oxygens (including phenoxy) is 3. The topological polar surface area (TPSA) is 78.9 Å². The lowest BCUT2D eigenvalue weighted by atomic mass is 10.1. The van der Waals surface area contributed by atoms with Crippen LogP contribution in [0.5, 0.6) is 0 Å². The maximum absolute atomic E-state index is 12.7. The van der Waals surface area contributed by atoms with E-state index < -0.39 is 6.10 Å². The molecule has 0 aromatic heterocycles. The molecular weight excluding hydrogens is 709 g/mol. The standard InChI is InChI=1S/C51H78O6/c1-4-7-10-13-16-19-22-23-24-25-26-27-30-32-35-38-41-44-50(53)56-47-48(57-51(54)45-42-39-36-33-29-21-18-15-12-9-6-3)46-55-49(52)43-40-37-34-31-28-20-17-14-11-8-5-2/h7,10,13-30,48H,4-6,8-9,11-12,31-47H2,1-3H3/b10-7-,16-13-,17-14-,18-15-,22-19-,24-23-,26-25+,28-20-,29-21-,30-27-. The van der Waals surface area contributed by atoms with Crippen LogP contribution in [0.4, 0.5) is 0 Å². The average Bonchev–Trinajstić information content (AvgIpc) is 3.21. The minimum Gasteiger partial charge on any atom is -0.462 e. The van der Waals surface area contributed by atoms with E-state index in [1.807, 2.05) is 60.8 Å². The van der Waals surface area contributed by atoms with Gasteiger partial charge in [-0.3, -0.25) is 14.4 Å². The van der Waals surface area contributed by atoms with Crippen molar-refractivity contribution in [3.05, 3.63) is 122 Å². The van der Waals surface area contributed by atoms with Gasteiger partial charge in [0.05, 0.1) is 0 Å². The Kier molecular flexibility index (Phi) is 41.3. The van der Waals surface area contributed by atoms with Crippen molar-refractivity contribution in [2.75, 3.05) is 13.2 Å². The molecule has 0 N–H and O–H groups in total. The van der Waals surface area contributed by atoms with Crippen LogP contribution in [-0.2, 0) is 28.6 Å². The van der Waals surface area contributed by atoms with Gasteiger partial charge in [0.1, 0.15) is 13.2 Å². The molecule has 0 fully saturated rings. The van der Waals surface area contributed by atoms with Crippen molar-refractivity contribution in [1.29, 1.82) is 0 Å². The van der Waals surface area contributed by atoms with Crippen molar-refractivity contribution in [2.45, 2.75) is 168 Å². The van der Waals surface area contributed by atoms with Gasteiger partial charge in [0.25, 0.3) is 0 Å². The fraction of sp³-hybridized carbons (Fsp3) is 0.549. The third-order valence-electron chi connectivity index (χ3n) is 8.64. The second kappa shape index (κ2) is 44.5. The van der Waals surface area contributed by atoms with E-state index in [1.165, 1.54) is 25.7 Å². The lowest BCUT2D eigenvalue weighted by Crippen LogP contribution is -2.30. The lowest BCUT2D eigenvalue weighted by molar-refractivity contribution is -0.167. The zero-order valence-electron chi connectivity index (χ0n) is 36.0. The minimum absolute atomic E-state index is 0.122. The predicted molar refractivity (Wildman–Crippen MR) is 242 cm³/mol. The zero-order chi connectivity index (χ0) is 41.5. The van der Waals surface area contributed by atoms with Crippen LogP contribution in [0.2, 0.25) is 0 Å². The molecule has 0 amide bonds. The molecule has 0 aliphatic carbocycles. The Balaban J connectivity index is 4.57. The molecule has 0 spiro atoms. The largest absolute Gasteiger partial charge is 0.462 e. The maximum atomic E-state index is 12.7. The SMILES string of the molecule is CC\C=C/C=C\C=C/C=C\C=C\C=C/CCCCCC(=O)OCC(COC(=O)CCCCC/C=C\C=C/CCCC)OC(=O)CCCCC/C=C\C=C/CCCC. The monoisotopic (exact) mass is 787 g/mol. The molecule has 0 saturated heterocycles. The van der Waals surface area contributed by atoms with Crippen LogP contribution in [-0.4, -0.2) is 37.2 Å². The van der Waals surface area contributed by atoms with Crippen molar-refractivity contribution in [3.63, 3.8) is 0 Å². The highest BCUT2D eigenvalue weighted by molar-refractivity contribution is 5.71. The molecule has 0 aliphatic heterocycles. The second-order valence-corrected chi connectivity index (χ2v) is 14.1. The summed E-state index contributed by atoms with van der Waals surface area (Å²) >= 11 is 0. The first-order valence-corrected chi connectivity index (χ1v) is 22.2. The summed E-state index contributed by atoms with van der Waals surface area (Å²) in [5.41, 5.74) is 0. The Morgan fingerprint density at radius 1 is 0.368 bits per heavy atom. The van der Waals surface area contributed by atoms with E-state index in [4.69, 9.17) is 14.2 Å². The zero-order valence-corrected chi connectivity index (χ0v) is 36.0. The molecule has 0 heterocycles.